The minimum atomic E-state index is -0.898. The van der Waals surface area contributed by atoms with E-state index in [1.807, 2.05) is 6.92 Å². The van der Waals surface area contributed by atoms with Gasteiger partial charge in [-0.3, -0.25) is 0 Å². The fraction of sp³-hybridized carbons (Fsp3) is 0.300. The van der Waals surface area contributed by atoms with Gasteiger partial charge >= 0.3 is 5.97 Å². The van der Waals surface area contributed by atoms with E-state index in [2.05, 4.69) is 11.8 Å². The molecule has 0 saturated carbocycles. The van der Waals surface area contributed by atoms with E-state index in [1.165, 1.54) is 11.3 Å². The number of hydrogen-bond acceptors (Lipinski definition) is 3. The van der Waals surface area contributed by atoms with Gasteiger partial charge in [-0.1, -0.05) is 11.8 Å². The van der Waals surface area contributed by atoms with Crippen LogP contribution in [0.4, 0.5) is 0 Å². The summed E-state index contributed by atoms with van der Waals surface area (Å²) in [4.78, 5) is 11.8. The molecular formula is C10H11NO2S. The molecule has 0 radical (unpaired) electrons. The Morgan fingerprint density at radius 2 is 2.43 bits per heavy atom. The third kappa shape index (κ3) is 2.59. The first-order chi connectivity index (χ1) is 6.65. The SMILES string of the molecule is Cc1cc(C(=O)O)sc1C#CCCN. The minimum Gasteiger partial charge on any atom is -0.477 e. The Kier molecular flexibility index (Phi) is 3.69. The molecule has 14 heavy (non-hydrogen) atoms. The van der Waals surface area contributed by atoms with Crippen molar-refractivity contribution in [1.29, 1.82) is 0 Å². The predicted octanol–water partition coefficient (Wildman–Crippen LogP) is 1.46. The standard InChI is InChI=1S/C10H11NO2S/c1-7-6-9(10(12)13)14-8(7)4-2-3-5-11/h6H,3,5,11H2,1H3,(H,12,13). The highest BCUT2D eigenvalue weighted by molar-refractivity contribution is 7.14. The van der Waals surface area contributed by atoms with Crippen molar-refractivity contribution >= 4 is 17.3 Å². The van der Waals surface area contributed by atoms with Crippen LogP contribution in [0.15, 0.2) is 6.07 Å². The Morgan fingerprint density at radius 3 is 2.93 bits per heavy atom. The van der Waals surface area contributed by atoms with Crippen molar-refractivity contribution in [3.8, 4) is 11.8 Å². The number of aryl methyl sites for hydroxylation is 1. The van der Waals surface area contributed by atoms with Gasteiger partial charge in [0, 0.05) is 13.0 Å². The third-order valence-corrected chi connectivity index (χ3v) is 2.74. The lowest BCUT2D eigenvalue weighted by atomic mass is 10.2. The molecule has 1 aromatic heterocycles. The molecule has 0 unspecified atom stereocenters. The second-order valence-corrected chi connectivity index (χ2v) is 3.82. The van der Waals surface area contributed by atoms with E-state index >= 15 is 0 Å². The van der Waals surface area contributed by atoms with Gasteiger partial charge < -0.3 is 10.8 Å². The molecule has 0 aliphatic rings. The summed E-state index contributed by atoms with van der Waals surface area (Å²) in [7, 11) is 0. The average Bonchev–Trinajstić information content (AvgIpc) is 2.49. The Bertz CT molecular complexity index is 398. The van der Waals surface area contributed by atoms with Crippen LogP contribution in [0.2, 0.25) is 0 Å². The zero-order valence-electron chi connectivity index (χ0n) is 7.83. The summed E-state index contributed by atoms with van der Waals surface area (Å²) < 4.78 is 0. The first-order valence-corrected chi connectivity index (χ1v) is 4.99. The molecule has 0 aliphatic carbocycles. The van der Waals surface area contributed by atoms with Crippen LogP contribution in [0.5, 0.6) is 0 Å². The maximum absolute atomic E-state index is 10.6. The average molecular weight is 209 g/mol. The molecule has 1 heterocycles. The van der Waals surface area contributed by atoms with Gasteiger partial charge in [0.15, 0.2) is 0 Å². The number of hydrogen-bond donors (Lipinski definition) is 2. The number of rotatable bonds is 2. The van der Waals surface area contributed by atoms with Gasteiger partial charge in [0.05, 0.1) is 4.88 Å². The van der Waals surface area contributed by atoms with Crippen molar-refractivity contribution in [2.24, 2.45) is 5.73 Å². The number of nitrogens with two attached hydrogens (primary N) is 1. The maximum Gasteiger partial charge on any atom is 0.345 e. The fourth-order valence-electron chi connectivity index (χ4n) is 0.927. The summed E-state index contributed by atoms with van der Waals surface area (Å²) in [5.41, 5.74) is 6.20. The number of carbonyl (C=O) groups is 1. The molecule has 3 N–H and O–H groups in total. The van der Waals surface area contributed by atoms with E-state index in [9.17, 15) is 4.79 Å². The molecule has 0 atom stereocenters. The van der Waals surface area contributed by atoms with Crippen LogP contribution in [0.3, 0.4) is 0 Å². The smallest absolute Gasteiger partial charge is 0.345 e. The largest absolute Gasteiger partial charge is 0.477 e. The van der Waals surface area contributed by atoms with E-state index in [4.69, 9.17) is 10.8 Å². The molecule has 4 heteroatoms. The summed E-state index contributed by atoms with van der Waals surface area (Å²) in [6.45, 7) is 2.39. The highest BCUT2D eigenvalue weighted by Crippen LogP contribution is 2.20. The van der Waals surface area contributed by atoms with E-state index in [-0.39, 0.29) is 0 Å². The van der Waals surface area contributed by atoms with Crippen molar-refractivity contribution in [3.63, 3.8) is 0 Å². The Labute approximate surface area is 86.6 Å². The number of thiophene rings is 1. The van der Waals surface area contributed by atoms with Gasteiger partial charge in [0.1, 0.15) is 4.88 Å². The molecule has 1 rings (SSSR count). The predicted molar refractivity (Wildman–Crippen MR) is 56.6 cm³/mol. The number of carboxylic acid groups (broad SMARTS) is 1. The molecule has 0 spiro atoms. The second kappa shape index (κ2) is 4.80. The molecule has 0 aliphatic heterocycles. The Balaban J connectivity index is 2.89. The second-order valence-electron chi connectivity index (χ2n) is 2.77. The zero-order valence-corrected chi connectivity index (χ0v) is 8.65. The van der Waals surface area contributed by atoms with Gasteiger partial charge in [-0.05, 0) is 18.6 Å². The summed E-state index contributed by atoms with van der Waals surface area (Å²) in [5.74, 6) is 4.90. The summed E-state index contributed by atoms with van der Waals surface area (Å²) in [6, 6.07) is 1.64. The Morgan fingerprint density at radius 1 is 1.71 bits per heavy atom. The maximum atomic E-state index is 10.6. The molecule has 0 bridgehead atoms. The van der Waals surface area contributed by atoms with Crippen molar-refractivity contribution in [1.82, 2.24) is 0 Å². The summed E-state index contributed by atoms with van der Waals surface area (Å²) >= 11 is 1.20. The van der Waals surface area contributed by atoms with Crippen LogP contribution in [-0.4, -0.2) is 17.6 Å². The van der Waals surface area contributed by atoms with E-state index in [0.717, 1.165) is 10.4 Å². The van der Waals surface area contributed by atoms with Crippen molar-refractivity contribution in [3.05, 3.63) is 21.4 Å². The van der Waals surface area contributed by atoms with Gasteiger partial charge in [0.2, 0.25) is 0 Å². The molecule has 0 aromatic carbocycles. The topological polar surface area (TPSA) is 63.3 Å². The molecule has 0 saturated heterocycles. The van der Waals surface area contributed by atoms with Crippen LogP contribution >= 0.6 is 11.3 Å². The third-order valence-electron chi connectivity index (χ3n) is 1.60. The van der Waals surface area contributed by atoms with E-state index in [1.54, 1.807) is 6.07 Å². The van der Waals surface area contributed by atoms with Gasteiger partial charge in [-0.2, -0.15) is 0 Å². The lowest BCUT2D eigenvalue weighted by Crippen LogP contribution is -1.95. The first kappa shape index (κ1) is 10.8. The van der Waals surface area contributed by atoms with E-state index < -0.39 is 5.97 Å². The van der Waals surface area contributed by atoms with Crippen molar-refractivity contribution in [2.75, 3.05) is 6.54 Å². The fourth-order valence-corrected chi connectivity index (χ4v) is 1.81. The minimum absolute atomic E-state index is 0.333. The number of aromatic carboxylic acids is 1. The quantitative estimate of drug-likeness (QED) is 0.725. The lowest BCUT2D eigenvalue weighted by Gasteiger charge is -1.83. The van der Waals surface area contributed by atoms with Gasteiger partial charge in [-0.25, -0.2) is 4.79 Å². The highest BCUT2D eigenvalue weighted by atomic mass is 32.1. The van der Waals surface area contributed by atoms with Crippen LogP contribution in [0.25, 0.3) is 0 Å². The van der Waals surface area contributed by atoms with Crippen LogP contribution < -0.4 is 5.73 Å². The normalized spacial score (nSPS) is 9.29. The van der Waals surface area contributed by atoms with Gasteiger partial charge in [0.25, 0.3) is 0 Å². The molecule has 3 nitrogen and oxygen atoms in total. The van der Waals surface area contributed by atoms with E-state index in [0.29, 0.717) is 17.8 Å². The van der Waals surface area contributed by atoms with Gasteiger partial charge in [-0.15, -0.1) is 11.3 Å². The first-order valence-electron chi connectivity index (χ1n) is 4.18. The number of carboxylic acids is 1. The van der Waals surface area contributed by atoms with Crippen LogP contribution in [0.1, 0.15) is 26.5 Å². The van der Waals surface area contributed by atoms with Crippen LogP contribution in [0, 0.1) is 18.8 Å². The zero-order chi connectivity index (χ0) is 10.6. The molecule has 0 fully saturated rings. The van der Waals surface area contributed by atoms with Crippen LogP contribution in [-0.2, 0) is 0 Å². The molecule has 0 amide bonds. The van der Waals surface area contributed by atoms with Crippen molar-refractivity contribution in [2.45, 2.75) is 13.3 Å². The molecule has 1 aromatic rings. The summed E-state index contributed by atoms with van der Waals surface area (Å²) in [5, 5.41) is 8.74. The monoisotopic (exact) mass is 209 g/mol. The molecular weight excluding hydrogens is 198 g/mol. The summed E-state index contributed by atoms with van der Waals surface area (Å²) in [6.07, 6.45) is 0.639. The highest BCUT2D eigenvalue weighted by Gasteiger charge is 2.08. The lowest BCUT2D eigenvalue weighted by molar-refractivity contribution is 0.0702. The molecule has 74 valence electrons. The Hall–Kier alpha value is -1.31. The van der Waals surface area contributed by atoms with Crippen molar-refractivity contribution < 1.29 is 9.90 Å².